The Balaban J connectivity index is 2.05. The van der Waals surface area contributed by atoms with E-state index in [9.17, 15) is 5.11 Å². The lowest BCUT2D eigenvalue weighted by Gasteiger charge is -2.22. The number of hydrogen-bond donors (Lipinski definition) is 2. The van der Waals surface area contributed by atoms with Crippen LogP contribution in [-0.2, 0) is 6.42 Å². The number of nitrogens with one attached hydrogen (secondary N) is 1. The smallest absolute Gasteiger partial charge is 0.132 e. The molecule has 0 saturated carbocycles. The van der Waals surface area contributed by atoms with Crippen molar-refractivity contribution in [2.45, 2.75) is 25.8 Å². The van der Waals surface area contributed by atoms with Crippen molar-refractivity contribution in [3.63, 3.8) is 0 Å². The maximum absolute atomic E-state index is 10.8. The molecule has 2 aromatic rings. The molecule has 3 heteroatoms. The number of nitrogens with zero attached hydrogens (tertiary/aromatic N) is 1. The predicted molar refractivity (Wildman–Crippen MR) is 94.7 cm³/mol. The average Bonchev–Trinajstić information content (AvgIpc) is 2.78. The van der Waals surface area contributed by atoms with Crippen LogP contribution in [0.2, 0.25) is 0 Å². The molecule has 0 fully saturated rings. The van der Waals surface area contributed by atoms with E-state index in [1.807, 2.05) is 54.4 Å². The fourth-order valence-electron chi connectivity index (χ4n) is 3.22. The van der Waals surface area contributed by atoms with Gasteiger partial charge in [0.05, 0.1) is 5.57 Å². The summed E-state index contributed by atoms with van der Waals surface area (Å²) < 4.78 is 0. The molecule has 1 heterocycles. The molecule has 0 aliphatic carbocycles. The Morgan fingerprint density at radius 3 is 2.52 bits per heavy atom. The lowest BCUT2D eigenvalue weighted by molar-refractivity contribution is 0.303. The van der Waals surface area contributed by atoms with Crippen LogP contribution in [0.15, 0.2) is 60.4 Å². The summed E-state index contributed by atoms with van der Waals surface area (Å²) in [4.78, 5) is 1.83. The molecule has 2 N–H and O–H groups in total. The van der Waals surface area contributed by atoms with Gasteiger partial charge in [-0.05, 0) is 23.1 Å². The minimum absolute atomic E-state index is 0.261. The van der Waals surface area contributed by atoms with E-state index in [2.05, 4.69) is 19.1 Å². The van der Waals surface area contributed by atoms with E-state index in [1.165, 1.54) is 5.56 Å². The second-order valence-corrected chi connectivity index (χ2v) is 5.98. The monoisotopic (exact) mass is 306 g/mol. The van der Waals surface area contributed by atoms with E-state index in [1.54, 1.807) is 0 Å². The van der Waals surface area contributed by atoms with Gasteiger partial charge < -0.3 is 10.0 Å². The van der Waals surface area contributed by atoms with Crippen LogP contribution in [0.1, 0.15) is 36.1 Å². The van der Waals surface area contributed by atoms with Crippen molar-refractivity contribution >= 4 is 11.4 Å². The zero-order valence-corrected chi connectivity index (χ0v) is 13.6. The SMILES string of the molecule is CCCc1cccc(C2=C(O)C(c3ccccc3)N(C)C2=N)c1. The second-order valence-electron chi connectivity index (χ2n) is 5.98. The van der Waals surface area contributed by atoms with Crippen molar-refractivity contribution in [3.8, 4) is 0 Å². The maximum atomic E-state index is 10.8. The van der Waals surface area contributed by atoms with E-state index in [4.69, 9.17) is 5.41 Å². The van der Waals surface area contributed by atoms with Crippen LogP contribution in [0.4, 0.5) is 0 Å². The number of likely N-dealkylation sites (N-methyl/N-ethyl adjacent to an activating group) is 1. The number of benzene rings is 2. The number of amidine groups is 1. The average molecular weight is 306 g/mol. The third-order valence-electron chi connectivity index (χ3n) is 4.36. The summed E-state index contributed by atoms with van der Waals surface area (Å²) in [6.45, 7) is 2.15. The molecule has 1 aliphatic rings. The Morgan fingerprint density at radius 2 is 1.83 bits per heavy atom. The zero-order valence-electron chi connectivity index (χ0n) is 13.6. The van der Waals surface area contributed by atoms with E-state index >= 15 is 0 Å². The molecule has 0 bridgehead atoms. The molecule has 118 valence electrons. The van der Waals surface area contributed by atoms with Gasteiger partial charge in [-0.1, -0.05) is 67.9 Å². The fourth-order valence-corrected chi connectivity index (χ4v) is 3.22. The summed E-state index contributed by atoms with van der Waals surface area (Å²) >= 11 is 0. The first-order valence-electron chi connectivity index (χ1n) is 8.02. The molecule has 0 aromatic heterocycles. The van der Waals surface area contributed by atoms with Crippen LogP contribution >= 0.6 is 0 Å². The summed E-state index contributed by atoms with van der Waals surface area (Å²) in [6.07, 6.45) is 2.09. The highest BCUT2D eigenvalue weighted by molar-refractivity contribution is 6.24. The zero-order chi connectivity index (χ0) is 16.4. The van der Waals surface area contributed by atoms with Crippen LogP contribution in [0.3, 0.4) is 0 Å². The van der Waals surface area contributed by atoms with Crippen LogP contribution in [-0.4, -0.2) is 22.9 Å². The fraction of sp³-hybridized carbons (Fsp3) is 0.250. The summed E-state index contributed by atoms with van der Waals surface area (Å²) in [5, 5.41) is 19.3. The Hall–Kier alpha value is -2.55. The minimum Gasteiger partial charge on any atom is -0.509 e. The molecule has 3 nitrogen and oxygen atoms in total. The van der Waals surface area contributed by atoms with Crippen molar-refractivity contribution < 1.29 is 5.11 Å². The van der Waals surface area contributed by atoms with Gasteiger partial charge >= 0.3 is 0 Å². The van der Waals surface area contributed by atoms with Gasteiger partial charge in [0.25, 0.3) is 0 Å². The Kier molecular flexibility index (Phi) is 4.20. The molecule has 0 spiro atoms. The summed E-state index contributed by atoms with van der Waals surface area (Å²) in [5.41, 5.74) is 3.80. The minimum atomic E-state index is -0.284. The summed E-state index contributed by atoms with van der Waals surface area (Å²) in [7, 11) is 1.86. The molecule has 0 saturated heterocycles. The van der Waals surface area contributed by atoms with Crippen molar-refractivity contribution in [3.05, 3.63) is 77.0 Å². The van der Waals surface area contributed by atoms with Crippen LogP contribution < -0.4 is 0 Å². The van der Waals surface area contributed by atoms with E-state index in [0.29, 0.717) is 11.4 Å². The van der Waals surface area contributed by atoms with E-state index < -0.39 is 0 Å². The van der Waals surface area contributed by atoms with Gasteiger partial charge in [-0.15, -0.1) is 0 Å². The Bertz CT molecular complexity index is 749. The lowest BCUT2D eigenvalue weighted by atomic mass is 9.98. The van der Waals surface area contributed by atoms with Crippen molar-refractivity contribution in [1.29, 1.82) is 5.41 Å². The third kappa shape index (κ3) is 2.74. The van der Waals surface area contributed by atoms with Crippen LogP contribution in [0, 0.1) is 5.41 Å². The second kappa shape index (κ2) is 6.29. The first kappa shape index (κ1) is 15.3. The number of aliphatic hydroxyl groups is 1. The van der Waals surface area contributed by atoms with E-state index in [0.717, 1.165) is 24.0 Å². The number of aryl methyl sites for hydroxylation is 1. The van der Waals surface area contributed by atoms with Crippen molar-refractivity contribution in [1.82, 2.24) is 4.90 Å². The van der Waals surface area contributed by atoms with Gasteiger partial charge in [0.1, 0.15) is 17.6 Å². The topological polar surface area (TPSA) is 47.3 Å². The number of aliphatic hydroxyl groups excluding tert-OH is 1. The van der Waals surface area contributed by atoms with Gasteiger partial charge in [0.2, 0.25) is 0 Å². The number of hydrogen-bond acceptors (Lipinski definition) is 2. The molecular formula is C20H22N2O. The molecule has 2 aromatic carbocycles. The summed E-state index contributed by atoms with van der Waals surface area (Å²) in [6, 6.07) is 17.7. The Labute approximate surface area is 137 Å². The summed E-state index contributed by atoms with van der Waals surface area (Å²) in [5.74, 6) is 0.627. The van der Waals surface area contributed by atoms with E-state index in [-0.39, 0.29) is 11.8 Å². The normalized spacial score (nSPS) is 17.9. The molecule has 0 amide bonds. The van der Waals surface area contributed by atoms with Gasteiger partial charge in [0.15, 0.2) is 0 Å². The first-order chi connectivity index (χ1) is 11.1. The molecule has 1 unspecified atom stereocenters. The standard InChI is InChI=1S/C20H22N2O/c1-3-8-14-9-7-12-16(13-14)17-19(23)18(22(2)20(17)21)15-10-5-4-6-11-15/h4-7,9-13,18,21,23H,3,8H2,1-2H3. The Morgan fingerprint density at radius 1 is 1.09 bits per heavy atom. The van der Waals surface area contributed by atoms with Crippen LogP contribution in [0.5, 0.6) is 0 Å². The highest BCUT2D eigenvalue weighted by Crippen LogP contribution is 2.39. The third-order valence-corrected chi connectivity index (χ3v) is 4.36. The molecule has 3 rings (SSSR count). The van der Waals surface area contributed by atoms with Gasteiger partial charge in [-0.2, -0.15) is 0 Å². The largest absolute Gasteiger partial charge is 0.509 e. The highest BCUT2D eigenvalue weighted by atomic mass is 16.3. The molecule has 1 aliphatic heterocycles. The van der Waals surface area contributed by atoms with Crippen molar-refractivity contribution in [2.24, 2.45) is 0 Å². The maximum Gasteiger partial charge on any atom is 0.132 e. The quantitative estimate of drug-likeness (QED) is 0.869. The molecular weight excluding hydrogens is 284 g/mol. The molecule has 23 heavy (non-hydrogen) atoms. The predicted octanol–water partition coefficient (Wildman–Crippen LogP) is 4.57. The van der Waals surface area contributed by atoms with Gasteiger partial charge in [-0.3, -0.25) is 5.41 Å². The lowest BCUT2D eigenvalue weighted by Crippen LogP contribution is -2.25. The molecule has 0 radical (unpaired) electrons. The first-order valence-corrected chi connectivity index (χ1v) is 8.02. The van der Waals surface area contributed by atoms with Gasteiger partial charge in [-0.25, -0.2) is 0 Å². The highest BCUT2D eigenvalue weighted by Gasteiger charge is 2.36. The van der Waals surface area contributed by atoms with Crippen LogP contribution in [0.25, 0.3) is 5.57 Å². The van der Waals surface area contributed by atoms with Gasteiger partial charge in [0, 0.05) is 7.05 Å². The van der Waals surface area contributed by atoms with Crippen molar-refractivity contribution in [2.75, 3.05) is 7.05 Å². The molecule has 1 atom stereocenters. The number of rotatable bonds is 4.